The Morgan fingerprint density at radius 3 is 2.58 bits per heavy atom. The predicted octanol–water partition coefficient (Wildman–Crippen LogP) is 1.76. The first-order valence-electron chi connectivity index (χ1n) is 4.83. The average Bonchev–Trinajstić information content (AvgIpc) is 2.04. The molecule has 0 saturated heterocycles. The molecular weight excluding hydrogens is 152 g/mol. The lowest BCUT2D eigenvalue weighted by Crippen LogP contribution is -2.31. The number of ketones is 1. The molecule has 70 valence electrons. The summed E-state index contributed by atoms with van der Waals surface area (Å²) >= 11 is 0. The summed E-state index contributed by atoms with van der Waals surface area (Å²) in [5.41, 5.74) is 0. The molecule has 0 spiro atoms. The predicted molar refractivity (Wildman–Crippen MR) is 47.8 cm³/mol. The van der Waals surface area contributed by atoms with E-state index >= 15 is 0 Å². The van der Waals surface area contributed by atoms with Crippen LogP contribution >= 0.6 is 0 Å². The van der Waals surface area contributed by atoms with E-state index in [1.807, 2.05) is 6.92 Å². The molecule has 0 radical (unpaired) electrons. The van der Waals surface area contributed by atoms with Crippen molar-refractivity contribution in [2.24, 2.45) is 11.8 Å². The molecule has 12 heavy (non-hydrogen) atoms. The van der Waals surface area contributed by atoms with Crippen LogP contribution in [0.4, 0.5) is 0 Å². The van der Waals surface area contributed by atoms with E-state index in [0.29, 0.717) is 5.78 Å². The van der Waals surface area contributed by atoms with Gasteiger partial charge in [0.15, 0.2) is 0 Å². The van der Waals surface area contributed by atoms with Crippen LogP contribution in [0.3, 0.4) is 0 Å². The standard InChI is InChI=1S/C10H18O2/c1-7(8(2)11)9-5-3-4-6-10(9)12/h7-9,11H,3-6H2,1-2H3. The lowest BCUT2D eigenvalue weighted by molar-refractivity contribution is -0.127. The number of hydrogen-bond donors (Lipinski definition) is 1. The van der Waals surface area contributed by atoms with Gasteiger partial charge in [-0.3, -0.25) is 4.79 Å². The van der Waals surface area contributed by atoms with Gasteiger partial charge in [0.1, 0.15) is 5.78 Å². The number of aliphatic hydroxyl groups is 1. The molecule has 0 heterocycles. The second kappa shape index (κ2) is 4.04. The van der Waals surface area contributed by atoms with Crippen molar-refractivity contribution in [2.45, 2.75) is 45.6 Å². The molecule has 0 bridgehead atoms. The summed E-state index contributed by atoms with van der Waals surface area (Å²) in [7, 11) is 0. The van der Waals surface area contributed by atoms with E-state index in [1.54, 1.807) is 6.92 Å². The molecule has 1 aliphatic rings. The van der Waals surface area contributed by atoms with Crippen molar-refractivity contribution >= 4 is 5.78 Å². The third-order valence-electron chi connectivity index (χ3n) is 3.00. The fraction of sp³-hybridized carbons (Fsp3) is 0.900. The Hall–Kier alpha value is -0.370. The maximum atomic E-state index is 11.4. The molecule has 0 aromatic carbocycles. The van der Waals surface area contributed by atoms with Crippen LogP contribution in [0.25, 0.3) is 0 Å². The molecule has 0 amide bonds. The van der Waals surface area contributed by atoms with Gasteiger partial charge in [-0.2, -0.15) is 0 Å². The Bertz CT molecular complexity index is 163. The zero-order valence-corrected chi connectivity index (χ0v) is 7.92. The summed E-state index contributed by atoms with van der Waals surface area (Å²) in [5.74, 6) is 0.617. The van der Waals surface area contributed by atoms with Gasteiger partial charge < -0.3 is 5.11 Å². The third kappa shape index (κ3) is 2.07. The minimum atomic E-state index is -0.350. The number of Topliss-reactive ketones (excluding diaryl/α,β-unsaturated/α-hetero) is 1. The van der Waals surface area contributed by atoms with Crippen molar-refractivity contribution in [3.8, 4) is 0 Å². The summed E-state index contributed by atoms with van der Waals surface area (Å²) in [6.45, 7) is 3.74. The summed E-state index contributed by atoms with van der Waals surface area (Å²) in [6.07, 6.45) is 3.54. The maximum absolute atomic E-state index is 11.4. The largest absolute Gasteiger partial charge is 0.393 e. The molecule has 1 saturated carbocycles. The van der Waals surface area contributed by atoms with Crippen molar-refractivity contribution in [2.75, 3.05) is 0 Å². The van der Waals surface area contributed by atoms with E-state index < -0.39 is 0 Å². The number of aliphatic hydroxyl groups excluding tert-OH is 1. The highest BCUT2D eigenvalue weighted by Crippen LogP contribution is 2.28. The van der Waals surface area contributed by atoms with Crippen LogP contribution in [0, 0.1) is 11.8 Å². The van der Waals surface area contributed by atoms with Gasteiger partial charge in [0.05, 0.1) is 6.10 Å². The summed E-state index contributed by atoms with van der Waals surface area (Å²) < 4.78 is 0. The second-order valence-electron chi connectivity index (χ2n) is 3.92. The Kier molecular flexibility index (Phi) is 3.27. The number of rotatable bonds is 2. The molecule has 2 nitrogen and oxygen atoms in total. The molecular formula is C10H18O2. The molecule has 3 atom stereocenters. The van der Waals surface area contributed by atoms with Crippen LogP contribution in [0.1, 0.15) is 39.5 Å². The van der Waals surface area contributed by atoms with E-state index in [9.17, 15) is 9.90 Å². The molecule has 1 rings (SSSR count). The Labute approximate surface area is 74.0 Å². The zero-order valence-electron chi connectivity index (χ0n) is 7.92. The monoisotopic (exact) mass is 170 g/mol. The first-order valence-corrected chi connectivity index (χ1v) is 4.83. The van der Waals surface area contributed by atoms with Gasteiger partial charge in [-0.1, -0.05) is 13.3 Å². The molecule has 2 heteroatoms. The molecule has 1 N–H and O–H groups in total. The lowest BCUT2D eigenvalue weighted by Gasteiger charge is -2.28. The third-order valence-corrected chi connectivity index (χ3v) is 3.00. The van der Waals surface area contributed by atoms with Gasteiger partial charge in [0, 0.05) is 12.3 Å². The number of carbonyl (C=O) groups excluding carboxylic acids is 1. The van der Waals surface area contributed by atoms with Crippen molar-refractivity contribution in [3.63, 3.8) is 0 Å². The summed E-state index contributed by atoms with van der Waals surface area (Å²) in [6, 6.07) is 0. The van der Waals surface area contributed by atoms with E-state index in [0.717, 1.165) is 25.7 Å². The van der Waals surface area contributed by atoms with E-state index in [1.165, 1.54) is 0 Å². The van der Waals surface area contributed by atoms with Gasteiger partial charge in [0.2, 0.25) is 0 Å². The average molecular weight is 170 g/mol. The highest BCUT2D eigenvalue weighted by Gasteiger charge is 2.29. The van der Waals surface area contributed by atoms with Gasteiger partial charge >= 0.3 is 0 Å². The Morgan fingerprint density at radius 2 is 2.08 bits per heavy atom. The van der Waals surface area contributed by atoms with Gasteiger partial charge in [0.25, 0.3) is 0 Å². The fourth-order valence-electron chi connectivity index (χ4n) is 1.90. The van der Waals surface area contributed by atoms with Gasteiger partial charge in [-0.15, -0.1) is 0 Å². The molecule has 1 aliphatic carbocycles. The minimum Gasteiger partial charge on any atom is -0.393 e. The van der Waals surface area contributed by atoms with Gasteiger partial charge in [-0.25, -0.2) is 0 Å². The zero-order chi connectivity index (χ0) is 9.14. The van der Waals surface area contributed by atoms with Crippen LogP contribution in [-0.4, -0.2) is 17.0 Å². The Balaban J connectivity index is 2.53. The smallest absolute Gasteiger partial charge is 0.136 e. The molecule has 3 unspecified atom stereocenters. The highest BCUT2D eigenvalue weighted by molar-refractivity contribution is 5.81. The van der Waals surface area contributed by atoms with Crippen molar-refractivity contribution < 1.29 is 9.90 Å². The molecule has 0 aromatic heterocycles. The van der Waals surface area contributed by atoms with Crippen LogP contribution in [0.15, 0.2) is 0 Å². The topological polar surface area (TPSA) is 37.3 Å². The fourth-order valence-corrected chi connectivity index (χ4v) is 1.90. The molecule has 1 fully saturated rings. The quantitative estimate of drug-likeness (QED) is 0.685. The van der Waals surface area contributed by atoms with Crippen molar-refractivity contribution in [1.29, 1.82) is 0 Å². The molecule has 0 aliphatic heterocycles. The van der Waals surface area contributed by atoms with E-state index in [4.69, 9.17) is 0 Å². The first kappa shape index (κ1) is 9.72. The van der Waals surface area contributed by atoms with Crippen LogP contribution < -0.4 is 0 Å². The van der Waals surface area contributed by atoms with Crippen LogP contribution in [0.5, 0.6) is 0 Å². The van der Waals surface area contributed by atoms with Crippen LogP contribution in [-0.2, 0) is 4.79 Å². The highest BCUT2D eigenvalue weighted by atomic mass is 16.3. The van der Waals surface area contributed by atoms with E-state index in [-0.39, 0.29) is 17.9 Å². The molecule has 0 aromatic rings. The second-order valence-corrected chi connectivity index (χ2v) is 3.92. The first-order chi connectivity index (χ1) is 5.63. The SMILES string of the molecule is CC(O)C(C)C1CCCCC1=O. The van der Waals surface area contributed by atoms with Crippen molar-refractivity contribution in [1.82, 2.24) is 0 Å². The van der Waals surface area contributed by atoms with Gasteiger partial charge in [-0.05, 0) is 25.7 Å². The number of carbonyl (C=O) groups is 1. The summed E-state index contributed by atoms with van der Waals surface area (Å²) in [4.78, 5) is 11.4. The number of hydrogen-bond acceptors (Lipinski definition) is 2. The lowest BCUT2D eigenvalue weighted by atomic mass is 9.78. The summed E-state index contributed by atoms with van der Waals surface area (Å²) in [5, 5.41) is 9.34. The maximum Gasteiger partial charge on any atom is 0.136 e. The minimum absolute atomic E-state index is 0.124. The van der Waals surface area contributed by atoms with Crippen molar-refractivity contribution in [3.05, 3.63) is 0 Å². The van der Waals surface area contributed by atoms with Crippen LogP contribution in [0.2, 0.25) is 0 Å². The normalized spacial score (nSPS) is 29.9. The Morgan fingerprint density at radius 1 is 1.42 bits per heavy atom. The van der Waals surface area contributed by atoms with E-state index in [2.05, 4.69) is 0 Å².